The van der Waals surface area contributed by atoms with Crippen molar-refractivity contribution in [3.63, 3.8) is 0 Å². The maximum Gasteiger partial charge on any atom is 0.354 e. The molecule has 0 bridgehead atoms. The van der Waals surface area contributed by atoms with E-state index in [1.54, 1.807) is 0 Å². The van der Waals surface area contributed by atoms with Gasteiger partial charge in [-0.25, -0.2) is 4.79 Å². The fourth-order valence-corrected chi connectivity index (χ4v) is 1.97. The molecular weight excluding hydrogens is 218 g/mol. The van der Waals surface area contributed by atoms with Crippen molar-refractivity contribution in [1.82, 2.24) is 4.90 Å². The second kappa shape index (κ2) is 3.02. The summed E-state index contributed by atoms with van der Waals surface area (Å²) < 4.78 is 14.6. The number of amides is 2. The van der Waals surface area contributed by atoms with E-state index in [4.69, 9.17) is 9.47 Å². The van der Waals surface area contributed by atoms with Crippen molar-refractivity contribution in [2.45, 2.75) is 18.3 Å². The van der Waals surface area contributed by atoms with Crippen LogP contribution in [0.15, 0.2) is 0 Å². The molecule has 0 aliphatic carbocycles. The Morgan fingerprint density at radius 1 is 1.44 bits per heavy atom. The smallest absolute Gasteiger partial charge is 0.354 e. The SMILES string of the molecule is COC(=O)[C@@]12O[C@]1(OC)CN(C(C)=O)C2=O. The average Bonchev–Trinajstić information content (AvgIpc) is 2.88. The van der Waals surface area contributed by atoms with Gasteiger partial charge in [-0.05, 0) is 0 Å². The lowest BCUT2D eigenvalue weighted by Gasteiger charge is -2.15. The van der Waals surface area contributed by atoms with E-state index in [1.165, 1.54) is 14.0 Å². The highest BCUT2D eigenvalue weighted by atomic mass is 16.8. The van der Waals surface area contributed by atoms with Gasteiger partial charge >= 0.3 is 11.6 Å². The summed E-state index contributed by atoms with van der Waals surface area (Å²) in [6.07, 6.45) is 0. The summed E-state index contributed by atoms with van der Waals surface area (Å²) >= 11 is 0. The molecule has 0 aromatic heterocycles. The van der Waals surface area contributed by atoms with Crippen LogP contribution in [0.1, 0.15) is 6.92 Å². The number of morpholine rings is 1. The number of methoxy groups -OCH3 is 2. The van der Waals surface area contributed by atoms with Crippen LogP contribution < -0.4 is 0 Å². The van der Waals surface area contributed by atoms with Crippen molar-refractivity contribution < 1.29 is 28.6 Å². The first-order valence-electron chi connectivity index (χ1n) is 4.61. The highest BCUT2D eigenvalue weighted by Crippen LogP contribution is 2.55. The molecule has 2 saturated heterocycles. The Morgan fingerprint density at radius 3 is 2.50 bits per heavy atom. The number of rotatable bonds is 2. The predicted octanol–water partition coefficient (Wildman–Crippen LogP) is -1.34. The minimum absolute atomic E-state index is 0.0905. The van der Waals surface area contributed by atoms with E-state index in [2.05, 4.69) is 4.74 Å². The lowest BCUT2D eigenvalue weighted by molar-refractivity contribution is -0.157. The summed E-state index contributed by atoms with van der Waals surface area (Å²) in [5.41, 5.74) is -1.79. The van der Waals surface area contributed by atoms with Crippen molar-refractivity contribution in [1.29, 1.82) is 0 Å². The molecule has 0 unspecified atom stereocenters. The minimum Gasteiger partial charge on any atom is -0.466 e. The lowest BCUT2D eigenvalue weighted by Crippen LogP contribution is -2.43. The molecule has 2 fully saturated rings. The number of imide groups is 1. The van der Waals surface area contributed by atoms with E-state index in [0.717, 1.165) is 12.0 Å². The van der Waals surface area contributed by atoms with Gasteiger partial charge in [0.25, 0.3) is 5.91 Å². The Hall–Kier alpha value is -1.47. The Bertz CT molecular complexity index is 393. The topological polar surface area (TPSA) is 85.4 Å². The second-order valence-electron chi connectivity index (χ2n) is 3.64. The average molecular weight is 229 g/mol. The Morgan fingerprint density at radius 2 is 2.06 bits per heavy atom. The number of likely N-dealkylation sites (tertiary alicyclic amines) is 1. The van der Waals surface area contributed by atoms with Gasteiger partial charge in [0.2, 0.25) is 11.7 Å². The van der Waals surface area contributed by atoms with Gasteiger partial charge in [0.15, 0.2) is 0 Å². The molecule has 2 aliphatic rings. The van der Waals surface area contributed by atoms with Gasteiger partial charge < -0.3 is 14.2 Å². The van der Waals surface area contributed by atoms with Crippen molar-refractivity contribution in [2.75, 3.05) is 20.8 Å². The number of ether oxygens (including phenoxy) is 3. The van der Waals surface area contributed by atoms with Crippen LogP contribution in [-0.4, -0.2) is 54.8 Å². The Balaban J connectivity index is 2.38. The second-order valence-corrected chi connectivity index (χ2v) is 3.64. The van der Waals surface area contributed by atoms with Gasteiger partial charge in [-0.15, -0.1) is 0 Å². The number of esters is 1. The molecule has 88 valence electrons. The van der Waals surface area contributed by atoms with E-state index in [-0.39, 0.29) is 6.54 Å². The fourth-order valence-electron chi connectivity index (χ4n) is 1.97. The number of nitrogens with zero attached hydrogens (tertiary/aromatic N) is 1. The number of fused-ring (bicyclic) bond motifs is 1. The molecule has 16 heavy (non-hydrogen) atoms. The summed E-state index contributed by atoms with van der Waals surface area (Å²) in [5, 5.41) is 0. The van der Waals surface area contributed by atoms with Crippen LogP contribution >= 0.6 is 0 Å². The van der Waals surface area contributed by atoms with Crippen LogP contribution in [-0.2, 0) is 28.6 Å². The van der Waals surface area contributed by atoms with Crippen molar-refractivity contribution in [3.05, 3.63) is 0 Å². The maximum atomic E-state index is 11.9. The highest BCUT2D eigenvalue weighted by Gasteiger charge is 2.88. The summed E-state index contributed by atoms with van der Waals surface area (Å²) in [6.45, 7) is 1.14. The Labute approximate surface area is 91.2 Å². The van der Waals surface area contributed by atoms with Crippen LogP contribution in [0, 0.1) is 0 Å². The predicted molar refractivity (Wildman–Crippen MR) is 48.0 cm³/mol. The summed E-state index contributed by atoms with van der Waals surface area (Å²) in [5.74, 6) is -3.40. The minimum atomic E-state index is -1.79. The van der Waals surface area contributed by atoms with Gasteiger partial charge in [-0.2, -0.15) is 0 Å². The summed E-state index contributed by atoms with van der Waals surface area (Å²) in [4.78, 5) is 35.5. The molecule has 0 spiro atoms. The first-order chi connectivity index (χ1) is 7.45. The van der Waals surface area contributed by atoms with Gasteiger partial charge in [0, 0.05) is 14.0 Å². The third-order valence-electron chi connectivity index (χ3n) is 2.91. The van der Waals surface area contributed by atoms with E-state index in [1.807, 2.05) is 0 Å². The van der Waals surface area contributed by atoms with Crippen LogP contribution in [0.2, 0.25) is 0 Å². The number of carbonyl (C=O) groups excluding carboxylic acids is 3. The molecule has 0 N–H and O–H groups in total. The number of carbonyl (C=O) groups is 3. The molecule has 0 aromatic carbocycles. The van der Waals surface area contributed by atoms with Crippen molar-refractivity contribution >= 4 is 17.8 Å². The van der Waals surface area contributed by atoms with Gasteiger partial charge in [-0.1, -0.05) is 0 Å². The molecule has 2 aliphatic heterocycles. The normalized spacial score (nSPS) is 35.9. The van der Waals surface area contributed by atoms with Gasteiger partial charge in [0.1, 0.15) is 0 Å². The first kappa shape index (κ1) is 11.0. The highest BCUT2D eigenvalue weighted by molar-refractivity contribution is 6.17. The Kier molecular flexibility index (Phi) is 2.08. The van der Waals surface area contributed by atoms with E-state index < -0.39 is 29.2 Å². The standard InChI is InChI=1S/C9H11NO6/c1-5(11)10-4-8(15-3)9(16-8,6(10)12)7(13)14-2/h4H2,1-3H3/t8-,9-/m1/s1. The zero-order valence-corrected chi connectivity index (χ0v) is 9.10. The van der Waals surface area contributed by atoms with E-state index >= 15 is 0 Å². The van der Waals surface area contributed by atoms with Crippen molar-refractivity contribution in [3.8, 4) is 0 Å². The molecule has 7 nitrogen and oxygen atoms in total. The molecular formula is C9H11NO6. The number of hydrogen-bond donors (Lipinski definition) is 0. The van der Waals surface area contributed by atoms with Crippen LogP contribution in [0.25, 0.3) is 0 Å². The van der Waals surface area contributed by atoms with Gasteiger partial charge in [0.05, 0.1) is 13.7 Å². The monoisotopic (exact) mass is 229 g/mol. The number of epoxide rings is 1. The first-order valence-corrected chi connectivity index (χ1v) is 4.61. The third-order valence-corrected chi connectivity index (χ3v) is 2.91. The van der Waals surface area contributed by atoms with Crippen LogP contribution in [0.5, 0.6) is 0 Å². The zero-order chi connectivity index (χ0) is 12.1. The van der Waals surface area contributed by atoms with Crippen LogP contribution in [0.4, 0.5) is 0 Å². The molecule has 0 radical (unpaired) electrons. The molecule has 2 heterocycles. The molecule has 0 saturated carbocycles. The molecule has 0 aromatic rings. The molecule has 2 amide bonds. The maximum absolute atomic E-state index is 11.9. The number of hydrogen-bond acceptors (Lipinski definition) is 6. The largest absolute Gasteiger partial charge is 0.466 e. The van der Waals surface area contributed by atoms with Crippen molar-refractivity contribution in [2.24, 2.45) is 0 Å². The van der Waals surface area contributed by atoms with Gasteiger partial charge in [-0.3, -0.25) is 14.5 Å². The van der Waals surface area contributed by atoms with E-state index in [0.29, 0.717) is 0 Å². The third kappa shape index (κ3) is 0.966. The van der Waals surface area contributed by atoms with Crippen LogP contribution in [0.3, 0.4) is 0 Å². The molecule has 2 rings (SSSR count). The molecule has 2 atom stereocenters. The molecule has 7 heteroatoms. The fraction of sp³-hybridized carbons (Fsp3) is 0.667. The summed E-state index contributed by atoms with van der Waals surface area (Å²) in [7, 11) is 2.45. The zero-order valence-electron chi connectivity index (χ0n) is 9.10. The van der Waals surface area contributed by atoms with E-state index in [9.17, 15) is 14.4 Å². The lowest BCUT2D eigenvalue weighted by atomic mass is 10.1. The summed E-state index contributed by atoms with van der Waals surface area (Å²) in [6, 6.07) is 0. The quantitative estimate of drug-likeness (QED) is 0.331.